The molecule has 0 spiro atoms. The highest BCUT2D eigenvalue weighted by molar-refractivity contribution is 7.76. The first-order valence-corrected chi connectivity index (χ1v) is 9.21. The van der Waals surface area contributed by atoms with Crippen molar-refractivity contribution in [2.45, 2.75) is 46.1 Å². The maximum atomic E-state index is 10.7. The van der Waals surface area contributed by atoms with Gasteiger partial charge in [-0.25, -0.2) is 0 Å². The molecule has 25 heavy (non-hydrogen) atoms. The van der Waals surface area contributed by atoms with Crippen molar-refractivity contribution in [3.63, 3.8) is 0 Å². The first kappa shape index (κ1) is 19.4. The van der Waals surface area contributed by atoms with Crippen molar-refractivity contribution >= 4 is 11.3 Å². The molecular formula is C19H24NO4S-. The highest BCUT2D eigenvalue weighted by Gasteiger charge is 2.32. The van der Waals surface area contributed by atoms with Crippen LogP contribution < -0.4 is 9.88 Å². The third kappa shape index (κ3) is 4.39. The molecular weight excluding hydrogens is 338 g/mol. The third-order valence-electron chi connectivity index (χ3n) is 4.49. The molecule has 2 aromatic carbocycles. The van der Waals surface area contributed by atoms with Crippen molar-refractivity contribution in [3.8, 4) is 22.6 Å². The van der Waals surface area contributed by atoms with Crippen LogP contribution in [0.3, 0.4) is 0 Å². The molecule has 3 rings (SSSR count). The van der Waals surface area contributed by atoms with E-state index in [-0.39, 0.29) is 5.60 Å². The van der Waals surface area contributed by atoms with Crippen molar-refractivity contribution in [1.29, 1.82) is 0 Å². The zero-order valence-electron chi connectivity index (χ0n) is 15.0. The molecule has 1 unspecified atom stereocenters. The molecule has 0 aliphatic carbocycles. The molecule has 0 fully saturated rings. The summed E-state index contributed by atoms with van der Waals surface area (Å²) in [6.45, 7) is 8.24. The molecule has 1 aliphatic heterocycles. The van der Waals surface area contributed by atoms with E-state index < -0.39 is 11.3 Å². The number of phenolic OH excluding ortho intramolecular Hbond substituents is 1. The summed E-state index contributed by atoms with van der Waals surface area (Å²) in [5.41, 5.74) is 4.94. The molecule has 2 aromatic rings. The van der Waals surface area contributed by atoms with Crippen LogP contribution in [-0.4, -0.2) is 19.5 Å². The molecule has 6 heteroatoms. The summed E-state index contributed by atoms with van der Waals surface area (Å²) in [5, 5.41) is 14.7. The second kappa shape index (κ2) is 7.56. The Morgan fingerprint density at radius 2 is 1.76 bits per heavy atom. The van der Waals surface area contributed by atoms with Gasteiger partial charge in [0.25, 0.3) is 0 Å². The van der Waals surface area contributed by atoms with Gasteiger partial charge in [0.05, 0.1) is 0 Å². The highest BCUT2D eigenvalue weighted by Crippen LogP contribution is 2.47. The van der Waals surface area contributed by atoms with Crippen molar-refractivity contribution < 1.29 is 18.6 Å². The average molecular weight is 362 g/mol. The number of hydrogen-bond donors (Lipinski definition) is 2. The van der Waals surface area contributed by atoms with Crippen LogP contribution in [0.15, 0.2) is 30.3 Å². The van der Waals surface area contributed by atoms with Gasteiger partial charge in [-0.15, -0.1) is 0 Å². The highest BCUT2D eigenvalue weighted by atomic mass is 32.2. The van der Waals surface area contributed by atoms with Gasteiger partial charge in [-0.2, -0.15) is 0 Å². The van der Waals surface area contributed by atoms with E-state index in [0.717, 1.165) is 46.4 Å². The second-order valence-corrected chi connectivity index (χ2v) is 7.29. The van der Waals surface area contributed by atoms with Gasteiger partial charge in [0.15, 0.2) is 0 Å². The Kier molecular flexibility index (Phi) is 5.87. The van der Waals surface area contributed by atoms with E-state index >= 15 is 0 Å². The fourth-order valence-electron chi connectivity index (χ4n) is 3.06. The molecule has 0 saturated carbocycles. The number of rotatable bonds is 1. The SMILES string of the molecule is Cc1c(C)c2c(c(-c3ccccc3)c1O)CCC(C)(C)O2.NS(=O)[O-]. The van der Waals surface area contributed by atoms with Gasteiger partial charge in [-0.3, -0.25) is 9.35 Å². The molecule has 1 heterocycles. The van der Waals surface area contributed by atoms with Crippen LogP contribution in [0, 0.1) is 13.8 Å². The Balaban J connectivity index is 0.000000511. The zero-order valence-corrected chi connectivity index (χ0v) is 15.8. The number of fused-ring (bicyclic) bond motifs is 1. The van der Waals surface area contributed by atoms with Crippen LogP contribution in [0.25, 0.3) is 11.1 Å². The monoisotopic (exact) mass is 362 g/mol. The molecule has 1 atom stereocenters. The van der Waals surface area contributed by atoms with E-state index in [2.05, 4.69) is 19.0 Å². The predicted molar refractivity (Wildman–Crippen MR) is 99.2 cm³/mol. The van der Waals surface area contributed by atoms with Crippen molar-refractivity contribution in [2.75, 3.05) is 0 Å². The predicted octanol–water partition coefficient (Wildman–Crippen LogP) is 3.52. The minimum atomic E-state index is -2.36. The third-order valence-corrected chi connectivity index (χ3v) is 4.49. The topological polar surface area (TPSA) is 95.6 Å². The Hall–Kier alpha value is -1.89. The molecule has 5 nitrogen and oxygen atoms in total. The summed E-state index contributed by atoms with van der Waals surface area (Å²) in [6.07, 6.45) is 1.89. The molecule has 1 aliphatic rings. The van der Waals surface area contributed by atoms with Crippen LogP contribution in [0.4, 0.5) is 0 Å². The standard InChI is InChI=1S/C19H22O2.H3NO2S/c1-12-13(2)18-15(10-11-19(3,4)21-18)16(17(12)20)14-8-6-5-7-9-14;1-4(2)3/h5-9,20H,10-11H2,1-4H3;1H2,(H,2,3)/p-1. The molecule has 0 amide bonds. The summed E-state index contributed by atoms with van der Waals surface area (Å²) < 4.78 is 23.8. The van der Waals surface area contributed by atoms with Gasteiger partial charge in [0.2, 0.25) is 0 Å². The van der Waals surface area contributed by atoms with E-state index in [1.807, 2.05) is 44.2 Å². The van der Waals surface area contributed by atoms with Crippen LogP contribution in [0.5, 0.6) is 11.5 Å². The maximum Gasteiger partial charge on any atom is 0.127 e. The smallest absolute Gasteiger partial charge is 0.127 e. The first-order valence-electron chi connectivity index (χ1n) is 8.07. The number of benzene rings is 2. The van der Waals surface area contributed by atoms with E-state index in [0.29, 0.717) is 5.75 Å². The van der Waals surface area contributed by atoms with Gasteiger partial charge in [-0.05, 0) is 57.2 Å². The minimum Gasteiger partial charge on any atom is -0.760 e. The molecule has 0 aromatic heterocycles. The normalized spacial score (nSPS) is 16.1. The Morgan fingerprint density at radius 1 is 1.20 bits per heavy atom. The van der Waals surface area contributed by atoms with Crippen molar-refractivity contribution in [2.24, 2.45) is 5.14 Å². The lowest BCUT2D eigenvalue weighted by molar-refractivity contribution is 0.0836. The Labute approximate surface area is 151 Å². The quantitative estimate of drug-likeness (QED) is 0.759. The molecule has 3 N–H and O–H groups in total. The molecule has 0 radical (unpaired) electrons. The number of aromatic hydroxyl groups is 1. The van der Waals surface area contributed by atoms with Crippen LogP contribution in [0.2, 0.25) is 0 Å². The van der Waals surface area contributed by atoms with Crippen molar-refractivity contribution in [1.82, 2.24) is 0 Å². The van der Waals surface area contributed by atoms with E-state index in [4.69, 9.17) is 13.5 Å². The first-order chi connectivity index (χ1) is 11.6. The number of nitrogens with two attached hydrogens (primary N) is 1. The summed E-state index contributed by atoms with van der Waals surface area (Å²) in [5.74, 6) is 1.35. The number of ether oxygens (including phenoxy) is 1. The lowest BCUT2D eigenvalue weighted by Crippen LogP contribution is -2.33. The van der Waals surface area contributed by atoms with E-state index in [1.165, 1.54) is 0 Å². The Bertz CT molecular complexity index is 784. The fourth-order valence-corrected chi connectivity index (χ4v) is 3.06. The van der Waals surface area contributed by atoms with Crippen LogP contribution in [-0.2, 0) is 17.7 Å². The van der Waals surface area contributed by atoms with E-state index in [9.17, 15) is 5.11 Å². The van der Waals surface area contributed by atoms with Crippen LogP contribution >= 0.6 is 0 Å². The zero-order chi connectivity index (χ0) is 18.8. The largest absolute Gasteiger partial charge is 0.760 e. The van der Waals surface area contributed by atoms with E-state index in [1.54, 1.807) is 0 Å². The van der Waals surface area contributed by atoms with Gasteiger partial charge in [0, 0.05) is 22.4 Å². The molecule has 0 saturated heterocycles. The summed E-state index contributed by atoms with van der Waals surface area (Å²) in [7, 11) is 0. The summed E-state index contributed by atoms with van der Waals surface area (Å²) in [4.78, 5) is 0. The average Bonchev–Trinajstić information content (AvgIpc) is 2.54. The number of hydrogen-bond acceptors (Lipinski definition) is 4. The lowest BCUT2D eigenvalue weighted by Gasteiger charge is -2.35. The maximum absolute atomic E-state index is 10.7. The minimum absolute atomic E-state index is 0.144. The van der Waals surface area contributed by atoms with Gasteiger partial charge < -0.3 is 14.4 Å². The fraction of sp³-hybridized carbons (Fsp3) is 0.368. The second-order valence-electron chi connectivity index (χ2n) is 6.77. The molecule has 0 bridgehead atoms. The molecule has 136 valence electrons. The summed E-state index contributed by atoms with van der Waals surface area (Å²) >= 11 is -2.36. The number of phenols is 1. The lowest BCUT2D eigenvalue weighted by atomic mass is 9.85. The van der Waals surface area contributed by atoms with Gasteiger partial charge in [-0.1, -0.05) is 30.3 Å². The summed E-state index contributed by atoms with van der Waals surface area (Å²) in [6, 6.07) is 10.1. The van der Waals surface area contributed by atoms with Gasteiger partial charge in [0.1, 0.15) is 17.1 Å². The van der Waals surface area contributed by atoms with Gasteiger partial charge >= 0.3 is 0 Å². The van der Waals surface area contributed by atoms with Crippen LogP contribution in [0.1, 0.15) is 37.0 Å². The Morgan fingerprint density at radius 3 is 2.32 bits per heavy atom. The van der Waals surface area contributed by atoms with Crippen molar-refractivity contribution in [3.05, 3.63) is 47.0 Å².